The second kappa shape index (κ2) is 6.27. The molecule has 1 aliphatic rings. The highest BCUT2D eigenvalue weighted by atomic mass is 35.5. The number of hydrogen-bond acceptors (Lipinski definition) is 3. The highest BCUT2D eigenvalue weighted by molar-refractivity contribution is 6.31. The zero-order valence-electron chi connectivity index (χ0n) is 14.2. The summed E-state index contributed by atoms with van der Waals surface area (Å²) in [6.45, 7) is 14.2. The van der Waals surface area contributed by atoms with E-state index in [4.69, 9.17) is 11.6 Å². The maximum absolute atomic E-state index is 6.50. The minimum Gasteiger partial charge on any atom is -0.311 e. The van der Waals surface area contributed by atoms with Crippen LogP contribution in [0, 0.1) is 5.41 Å². The van der Waals surface area contributed by atoms with Crippen molar-refractivity contribution in [3.63, 3.8) is 0 Å². The Balaban J connectivity index is 2.16. The standard InChI is InChI=1S/C16H29ClN4/c1-7-12-15(17)13(20(6)19-12)9-21-10-14(16(3,4)5)18-8-11(21)2/h11,14,18H,7-10H2,1-6H3. The van der Waals surface area contributed by atoms with Crippen LogP contribution in [0.3, 0.4) is 0 Å². The topological polar surface area (TPSA) is 33.1 Å². The van der Waals surface area contributed by atoms with Crippen LogP contribution in [0.25, 0.3) is 0 Å². The minimum atomic E-state index is 0.267. The third kappa shape index (κ3) is 3.61. The van der Waals surface area contributed by atoms with E-state index in [0.717, 1.165) is 42.5 Å². The van der Waals surface area contributed by atoms with E-state index in [9.17, 15) is 0 Å². The Morgan fingerprint density at radius 3 is 2.57 bits per heavy atom. The molecular weight excluding hydrogens is 284 g/mol. The molecule has 21 heavy (non-hydrogen) atoms. The maximum Gasteiger partial charge on any atom is 0.0863 e. The summed E-state index contributed by atoms with van der Waals surface area (Å²) in [7, 11) is 1.99. The Labute approximate surface area is 133 Å². The summed E-state index contributed by atoms with van der Waals surface area (Å²) < 4.78 is 1.95. The number of halogens is 1. The van der Waals surface area contributed by atoms with E-state index >= 15 is 0 Å². The zero-order valence-corrected chi connectivity index (χ0v) is 15.0. The average Bonchev–Trinajstić information content (AvgIpc) is 2.67. The molecule has 0 aromatic carbocycles. The van der Waals surface area contributed by atoms with Gasteiger partial charge >= 0.3 is 0 Å². The molecule has 2 rings (SSSR count). The second-order valence-electron chi connectivity index (χ2n) is 7.29. The predicted molar refractivity (Wildman–Crippen MR) is 88.7 cm³/mol. The first-order valence-electron chi connectivity index (χ1n) is 7.91. The molecule has 1 aromatic heterocycles. The van der Waals surface area contributed by atoms with Gasteiger partial charge in [0.2, 0.25) is 0 Å². The van der Waals surface area contributed by atoms with Crippen LogP contribution in [0.15, 0.2) is 0 Å². The molecule has 1 aliphatic heterocycles. The van der Waals surface area contributed by atoms with Crippen molar-refractivity contribution in [1.82, 2.24) is 20.0 Å². The third-order valence-electron chi connectivity index (χ3n) is 4.60. The minimum absolute atomic E-state index is 0.267. The fraction of sp³-hybridized carbons (Fsp3) is 0.812. The van der Waals surface area contributed by atoms with Crippen LogP contribution in [0.2, 0.25) is 5.02 Å². The van der Waals surface area contributed by atoms with Crippen molar-refractivity contribution in [3.8, 4) is 0 Å². The Hall–Kier alpha value is -0.580. The Morgan fingerprint density at radius 2 is 2.05 bits per heavy atom. The third-order valence-corrected chi connectivity index (χ3v) is 5.04. The molecule has 0 radical (unpaired) electrons. The molecule has 0 spiro atoms. The van der Waals surface area contributed by atoms with E-state index in [2.05, 4.69) is 49.9 Å². The highest BCUT2D eigenvalue weighted by Crippen LogP contribution is 2.27. The van der Waals surface area contributed by atoms with Crippen LogP contribution >= 0.6 is 11.6 Å². The van der Waals surface area contributed by atoms with Crippen molar-refractivity contribution in [2.45, 2.75) is 59.7 Å². The van der Waals surface area contributed by atoms with Crippen LogP contribution in [-0.2, 0) is 20.0 Å². The van der Waals surface area contributed by atoms with Crippen LogP contribution in [0.4, 0.5) is 0 Å². The van der Waals surface area contributed by atoms with Gasteiger partial charge in [-0.15, -0.1) is 0 Å². The molecule has 2 unspecified atom stereocenters. The van der Waals surface area contributed by atoms with Gasteiger partial charge < -0.3 is 5.32 Å². The van der Waals surface area contributed by atoms with Crippen molar-refractivity contribution in [3.05, 3.63) is 16.4 Å². The largest absolute Gasteiger partial charge is 0.311 e. The van der Waals surface area contributed by atoms with Crippen LogP contribution < -0.4 is 5.32 Å². The molecule has 5 heteroatoms. The van der Waals surface area contributed by atoms with Gasteiger partial charge in [0.05, 0.1) is 16.4 Å². The van der Waals surface area contributed by atoms with Gasteiger partial charge in [-0.05, 0) is 18.8 Å². The van der Waals surface area contributed by atoms with Gasteiger partial charge in [-0.1, -0.05) is 39.3 Å². The van der Waals surface area contributed by atoms with E-state index in [1.807, 2.05) is 11.7 Å². The molecule has 1 N–H and O–H groups in total. The number of aromatic nitrogens is 2. The molecule has 4 nitrogen and oxygen atoms in total. The van der Waals surface area contributed by atoms with Crippen molar-refractivity contribution in [2.75, 3.05) is 13.1 Å². The summed E-state index contributed by atoms with van der Waals surface area (Å²) in [6, 6.07) is 1.02. The van der Waals surface area contributed by atoms with Crippen molar-refractivity contribution in [1.29, 1.82) is 0 Å². The molecule has 0 saturated carbocycles. The van der Waals surface area contributed by atoms with E-state index in [-0.39, 0.29) is 5.41 Å². The normalized spacial score (nSPS) is 24.5. The van der Waals surface area contributed by atoms with Crippen molar-refractivity contribution >= 4 is 11.6 Å². The molecule has 2 heterocycles. The lowest BCUT2D eigenvalue weighted by Crippen LogP contribution is -2.59. The fourth-order valence-corrected chi connectivity index (χ4v) is 3.26. The summed E-state index contributed by atoms with van der Waals surface area (Å²) in [5, 5.41) is 9.05. The molecule has 1 aromatic rings. The monoisotopic (exact) mass is 312 g/mol. The van der Waals surface area contributed by atoms with Crippen molar-refractivity contribution in [2.24, 2.45) is 12.5 Å². The number of nitrogens with zero attached hydrogens (tertiary/aromatic N) is 3. The number of aryl methyl sites for hydroxylation is 2. The molecule has 0 bridgehead atoms. The van der Waals surface area contributed by atoms with Gasteiger partial charge in [0.25, 0.3) is 0 Å². The molecule has 2 atom stereocenters. The molecule has 0 amide bonds. The smallest absolute Gasteiger partial charge is 0.0863 e. The van der Waals surface area contributed by atoms with Gasteiger partial charge in [-0.3, -0.25) is 9.58 Å². The molecule has 1 fully saturated rings. The first kappa shape index (κ1) is 16.8. The van der Waals surface area contributed by atoms with Gasteiger partial charge in [-0.25, -0.2) is 0 Å². The number of rotatable bonds is 3. The fourth-order valence-electron chi connectivity index (χ4n) is 2.91. The van der Waals surface area contributed by atoms with Crippen LogP contribution in [0.1, 0.15) is 46.0 Å². The Kier molecular flexibility index (Phi) is 5.01. The van der Waals surface area contributed by atoms with E-state index < -0.39 is 0 Å². The summed E-state index contributed by atoms with van der Waals surface area (Å²) in [5.74, 6) is 0. The lowest BCUT2D eigenvalue weighted by Gasteiger charge is -2.44. The van der Waals surface area contributed by atoms with Gasteiger partial charge in [0.15, 0.2) is 0 Å². The lowest BCUT2D eigenvalue weighted by molar-refractivity contribution is 0.0857. The number of hydrogen-bond donors (Lipinski definition) is 1. The Bertz CT molecular complexity index is 489. The second-order valence-corrected chi connectivity index (χ2v) is 7.67. The quantitative estimate of drug-likeness (QED) is 0.931. The number of piperazine rings is 1. The van der Waals surface area contributed by atoms with Gasteiger partial charge in [0.1, 0.15) is 0 Å². The first-order valence-corrected chi connectivity index (χ1v) is 8.29. The van der Waals surface area contributed by atoms with Crippen LogP contribution in [-0.4, -0.2) is 39.9 Å². The summed E-state index contributed by atoms with van der Waals surface area (Å²) in [6.07, 6.45) is 0.883. The van der Waals surface area contributed by atoms with Gasteiger partial charge in [0, 0.05) is 38.8 Å². The first-order chi connectivity index (χ1) is 9.74. The zero-order chi connectivity index (χ0) is 15.8. The summed E-state index contributed by atoms with van der Waals surface area (Å²) in [5.41, 5.74) is 2.41. The number of nitrogens with one attached hydrogen (secondary N) is 1. The highest BCUT2D eigenvalue weighted by Gasteiger charge is 2.33. The SMILES string of the molecule is CCc1nn(C)c(CN2CC(C(C)(C)C)NCC2C)c1Cl. The Morgan fingerprint density at radius 1 is 1.38 bits per heavy atom. The van der Waals surface area contributed by atoms with E-state index in [1.54, 1.807) is 0 Å². The average molecular weight is 313 g/mol. The lowest BCUT2D eigenvalue weighted by atomic mass is 9.85. The molecule has 1 saturated heterocycles. The summed E-state index contributed by atoms with van der Waals surface area (Å²) in [4.78, 5) is 2.52. The van der Waals surface area contributed by atoms with E-state index in [1.165, 1.54) is 0 Å². The maximum atomic E-state index is 6.50. The van der Waals surface area contributed by atoms with Gasteiger partial charge in [-0.2, -0.15) is 5.10 Å². The predicted octanol–water partition coefficient (Wildman–Crippen LogP) is 2.84. The van der Waals surface area contributed by atoms with Crippen LogP contribution in [0.5, 0.6) is 0 Å². The molecule has 0 aliphatic carbocycles. The van der Waals surface area contributed by atoms with Crippen molar-refractivity contribution < 1.29 is 0 Å². The summed E-state index contributed by atoms with van der Waals surface area (Å²) >= 11 is 6.50. The van der Waals surface area contributed by atoms with E-state index in [0.29, 0.717) is 12.1 Å². The molecular formula is C16H29ClN4. The molecule has 120 valence electrons.